The number of carbonyl (C=O) groups is 1. The molecule has 1 fully saturated rings. The van der Waals surface area contributed by atoms with Gasteiger partial charge >= 0.3 is 6.09 Å². The number of rotatable bonds is 1. The summed E-state index contributed by atoms with van der Waals surface area (Å²) in [7, 11) is 0. The molecule has 0 spiro atoms. The molecule has 1 amide bonds. The molecule has 2 heterocycles. The minimum absolute atomic E-state index is 0. The van der Waals surface area contributed by atoms with Crippen molar-refractivity contribution < 1.29 is 19.0 Å². The lowest BCUT2D eigenvalue weighted by molar-refractivity contribution is 0.115. The number of amides is 1. The fourth-order valence-corrected chi connectivity index (χ4v) is 1.91. The lowest BCUT2D eigenvalue weighted by Gasteiger charge is -2.23. The first-order valence-electron chi connectivity index (χ1n) is 5.16. The number of hydrogen-bond donors (Lipinski definition) is 1. The van der Waals surface area contributed by atoms with Crippen LogP contribution in [0.1, 0.15) is 18.0 Å². The number of benzene rings is 1. The molecule has 0 aromatic heterocycles. The van der Waals surface area contributed by atoms with E-state index in [4.69, 9.17) is 14.2 Å². The van der Waals surface area contributed by atoms with E-state index in [0.29, 0.717) is 6.61 Å². The number of carbonyl (C=O) groups excluding carboxylic acids is 1. The van der Waals surface area contributed by atoms with E-state index < -0.39 is 0 Å². The van der Waals surface area contributed by atoms with Gasteiger partial charge in [0.15, 0.2) is 11.5 Å². The summed E-state index contributed by atoms with van der Waals surface area (Å²) >= 11 is 0. The molecule has 1 atom stereocenters. The highest BCUT2D eigenvalue weighted by Crippen LogP contribution is 2.35. The van der Waals surface area contributed by atoms with Gasteiger partial charge in [-0.3, -0.25) is 0 Å². The Balaban J connectivity index is 0.00000108. The van der Waals surface area contributed by atoms with Crippen molar-refractivity contribution in [2.24, 2.45) is 0 Å². The summed E-state index contributed by atoms with van der Waals surface area (Å²) in [4.78, 5) is 11.1. The molecule has 0 unspecified atom stereocenters. The number of cyclic esters (lactones) is 1. The molecular formula is C11H12ClNO4. The Hall–Kier alpha value is -1.62. The average molecular weight is 258 g/mol. The first-order valence-corrected chi connectivity index (χ1v) is 5.16. The van der Waals surface area contributed by atoms with Gasteiger partial charge in [-0.15, -0.1) is 12.4 Å². The molecule has 1 saturated heterocycles. The second-order valence-corrected chi connectivity index (χ2v) is 3.73. The van der Waals surface area contributed by atoms with Gasteiger partial charge in [-0.2, -0.15) is 0 Å². The number of fused-ring (bicyclic) bond motifs is 1. The maximum Gasteiger partial charge on any atom is 0.407 e. The summed E-state index contributed by atoms with van der Waals surface area (Å²) < 4.78 is 15.3. The van der Waals surface area contributed by atoms with Gasteiger partial charge in [-0.25, -0.2) is 4.79 Å². The zero-order chi connectivity index (χ0) is 11.0. The van der Waals surface area contributed by atoms with Crippen LogP contribution < -0.4 is 14.8 Å². The van der Waals surface area contributed by atoms with Gasteiger partial charge < -0.3 is 19.5 Å². The highest BCUT2D eigenvalue weighted by molar-refractivity contribution is 5.85. The zero-order valence-corrected chi connectivity index (χ0v) is 9.79. The summed E-state index contributed by atoms with van der Waals surface area (Å²) in [6.45, 7) is 0.712. The molecule has 2 aliphatic rings. The van der Waals surface area contributed by atoms with Crippen molar-refractivity contribution in [1.82, 2.24) is 5.32 Å². The zero-order valence-electron chi connectivity index (χ0n) is 8.97. The van der Waals surface area contributed by atoms with Crippen molar-refractivity contribution in [3.05, 3.63) is 23.8 Å². The quantitative estimate of drug-likeness (QED) is 0.836. The summed E-state index contributed by atoms with van der Waals surface area (Å²) in [5, 5.41) is 2.77. The van der Waals surface area contributed by atoms with Gasteiger partial charge in [0, 0.05) is 6.42 Å². The maximum atomic E-state index is 11.1. The Kier molecular flexibility index (Phi) is 3.28. The van der Waals surface area contributed by atoms with Crippen molar-refractivity contribution >= 4 is 18.5 Å². The first kappa shape index (κ1) is 11.9. The average Bonchev–Trinajstić information content (AvgIpc) is 2.75. The molecule has 1 N–H and O–H groups in total. The topological polar surface area (TPSA) is 56.8 Å². The van der Waals surface area contributed by atoms with Crippen LogP contribution in [0.2, 0.25) is 0 Å². The van der Waals surface area contributed by atoms with E-state index >= 15 is 0 Å². The van der Waals surface area contributed by atoms with E-state index in [-0.39, 0.29) is 31.3 Å². The van der Waals surface area contributed by atoms with Crippen molar-refractivity contribution in [3.63, 3.8) is 0 Å². The smallest absolute Gasteiger partial charge is 0.407 e. The minimum atomic E-state index is -0.367. The standard InChI is InChI=1S/C11H11NO4.ClH/c13-11-12-8(3-4-14-11)7-1-2-9-10(5-7)16-6-15-9;/h1-2,5,8H,3-4,6H2,(H,12,13);1H/t8-;/m1./s1. The number of nitrogens with one attached hydrogen (secondary N) is 1. The van der Waals surface area contributed by atoms with Gasteiger partial charge in [-0.05, 0) is 17.7 Å². The van der Waals surface area contributed by atoms with Crippen LogP contribution in [-0.2, 0) is 4.74 Å². The lowest BCUT2D eigenvalue weighted by atomic mass is 10.0. The highest BCUT2D eigenvalue weighted by Gasteiger charge is 2.23. The Morgan fingerprint density at radius 3 is 2.82 bits per heavy atom. The van der Waals surface area contributed by atoms with Gasteiger partial charge in [0.25, 0.3) is 0 Å². The molecule has 0 radical (unpaired) electrons. The van der Waals surface area contributed by atoms with Crippen LogP contribution in [-0.4, -0.2) is 19.5 Å². The number of alkyl carbamates (subject to hydrolysis) is 1. The molecule has 17 heavy (non-hydrogen) atoms. The molecule has 1 aromatic carbocycles. The SMILES string of the molecule is Cl.O=C1N[C@@H](c2ccc3c(c2)OCO3)CCO1. The van der Waals surface area contributed by atoms with Crippen LogP contribution >= 0.6 is 12.4 Å². The Morgan fingerprint density at radius 2 is 2.00 bits per heavy atom. The van der Waals surface area contributed by atoms with Crippen LogP contribution in [0.15, 0.2) is 18.2 Å². The molecule has 5 nitrogen and oxygen atoms in total. The van der Waals surface area contributed by atoms with Gasteiger partial charge in [0.1, 0.15) is 0 Å². The first-order chi connectivity index (χ1) is 7.83. The van der Waals surface area contributed by atoms with E-state index in [0.717, 1.165) is 23.5 Å². The maximum absolute atomic E-state index is 11.1. The normalized spacial score (nSPS) is 21.2. The predicted octanol–water partition coefficient (Wildman–Crippen LogP) is 2.01. The van der Waals surface area contributed by atoms with Crippen LogP contribution in [0, 0.1) is 0 Å². The molecule has 92 valence electrons. The molecular weight excluding hydrogens is 246 g/mol. The van der Waals surface area contributed by atoms with Crippen molar-refractivity contribution in [3.8, 4) is 11.5 Å². The molecule has 0 bridgehead atoms. The Morgan fingerprint density at radius 1 is 1.18 bits per heavy atom. The Labute approximate surface area is 104 Å². The number of hydrogen-bond acceptors (Lipinski definition) is 4. The monoisotopic (exact) mass is 257 g/mol. The number of halogens is 1. The second-order valence-electron chi connectivity index (χ2n) is 3.73. The van der Waals surface area contributed by atoms with Crippen molar-refractivity contribution in [2.45, 2.75) is 12.5 Å². The third-order valence-electron chi connectivity index (χ3n) is 2.73. The minimum Gasteiger partial charge on any atom is -0.454 e. The molecule has 0 saturated carbocycles. The summed E-state index contributed by atoms with van der Waals surface area (Å²) in [6.07, 6.45) is 0.402. The molecule has 6 heteroatoms. The highest BCUT2D eigenvalue weighted by atomic mass is 35.5. The van der Waals surface area contributed by atoms with Gasteiger partial charge in [-0.1, -0.05) is 6.07 Å². The van der Waals surface area contributed by atoms with Crippen molar-refractivity contribution in [1.29, 1.82) is 0 Å². The molecule has 2 aliphatic heterocycles. The van der Waals surface area contributed by atoms with Gasteiger partial charge in [0.2, 0.25) is 6.79 Å². The van der Waals surface area contributed by atoms with Gasteiger partial charge in [0.05, 0.1) is 12.6 Å². The molecule has 3 rings (SSSR count). The largest absolute Gasteiger partial charge is 0.454 e. The fraction of sp³-hybridized carbons (Fsp3) is 0.364. The van der Waals surface area contributed by atoms with Crippen molar-refractivity contribution in [2.75, 3.05) is 13.4 Å². The van der Waals surface area contributed by atoms with E-state index in [1.165, 1.54) is 0 Å². The summed E-state index contributed by atoms with van der Waals surface area (Å²) in [5.74, 6) is 1.49. The third kappa shape index (κ3) is 2.24. The van der Waals surface area contributed by atoms with Crippen LogP contribution in [0.25, 0.3) is 0 Å². The van der Waals surface area contributed by atoms with E-state index in [1.807, 2.05) is 18.2 Å². The van der Waals surface area contributed by atoms with Crippen LogP contribution in [0.5, 0.6) is 11.5 Å². The second kappa shape index (κ2) is 4.71. The van der Waals surface area contributed by atoms with Crippen LogP contribution in [0.4, 0.5) is 4.79 Å². The van der Waals surface area contributed by atoms with Crippen LogP contribution in [0.3, 0.4) is 0 Å². The summed E-state index contributed by atoms with van der Waals surface area (Å²) in [6, 6.07) is 5.69. The summed E-state index contributed by atoms with van der Waals surface area (Å²) in [5.41, 5.74) is 1.01. The number of ether oxygens (including phenoxy) is 3. The van der Waals surface area contributed by atoms with E-state index in [1.54, 1.807) is 0 Å². The lowest BCUT2D eigenvalue weighted by Crippen LogP contribution is -2.35. The Bertz CT molecular complexity index is 437. The predicted molar refractivity (Wildman–Crippen MR) is 61.7 cm³/mol. The fourth-order valence-electron chi connectivity index (χ4n) is 1.91. The van der Waals surface area contributed by atoms with E-state index in [9.17, 15) is 4.79 Å². The third-order valence-corrected chi connectivity index (χ3v) is 2.73. The molecule has 1 aromatic rings. The molecule has 0 aliphatic carbocycles. The van der Waals surface area contributed by atoms with E-state index in [2.05, 4.69) is 5.32 Å².